The Labute approximate surface area is 91.6 Å². The molecule has 0 radical (unpaired) electrons. The van der Waals surface area contributed by atoms with Gasteiger partial charge in [-0.2, -0.15) is 4.67 Å². The molecule has 8 nitrogen and oxygen atoms in total. The summed E-state index contributed by atoms with van der Waals surface area (Å²) < 4.78 is 14.0. The van der Waals surface area contributed by atoms with E-state index in [4.69, 9.17) is 10.00 Å². The van der Waals surface area contributed by atoms with Crippen LogP contribution in [0.1, 0.15) is 6.42 Å². The second-order valence-electron chi connectivity index (χ2n) is 3.25. The van der Waals surface area contributed by atoms with Crippen LogP contribution in [-0.4, -0.2) is 46.5 Å². The third kappa shape index (κ3) is 3.90. The molecule has 0 aliphatic carbocycles. The maximum absolute atomic E-state index is 11.3. The fraction of sp³-hybridized carbons (Fsp3) is 0.714. The minimum Gasteiger partial charge on any atom is -0.481 e. The first kappa shape index (κ1) is 13.1. The summed E-state index contributed by atoms with van der Waals surface area (Å²) >= 11 is 0. The van der Waals surface area contributed by atoms with Crippen molar-refractivity contribution in [2.45, 2.75) is 6.42 Å². The van der Waals surface area contributed by atoms with Crippen molar-refractivity contribution in [2.24, 2.45) is 5.92 Å². The summed E-state index contributed by atoms with van der Waals surface area (Å²) in [6.45, 7) is 0.193. The number of aliphatic carboxylic acids is 1. The molecule has 92 valence electrons. The molecule has 16 heavy (non-hydrogen) atoms. The van der Waals surface area contributed by atoms with Gasteiger partial charge in [-0.05, 0) is 0 Å². The van der Waals surface area contributed by atoms with E-state index in [0.717, 1.165) is 0 Å². The van der Waals surface area contributed by atoms with E-state index in [1.165, 1.54) is 4.90 Å². The Hall–Kier alpha value is -0.950. The molecule has 1 heterocycles. The molecule has 0 saturated carbocycles. The van der Waals surface area contributed by atoms with Gasteiger partial charge in [0.25, 0.3) is 0 Å². The van der Waals surface area contributed by atoms with Gasteiger partial charge in [-0.15, -0.1) is 0 Å². The van der Waals surface area contributed by atoms with E-state index in [9.17, 15) is 14.2 Å². The highest BCUT2D eigenvalue weighted by Gasteiger charge is 2.33. The Kier molecular flexibility index (Phi) is 4.88. The van der Waals surface area contributed by atoms with Crippen LogP contribution in [0, 0.1) is 5.92 Å². The number of likely N-dealkylation sites (tertiary alicyclic amines) is 1. The summed E-state index contributed by atoms with van der Waals surface area (Å²) in [6.07, 6.45) is -0.0210. The zero-order valence-corrected chi connectivity index (χ0v) is 9.29. The van der Waals surface area contributed by atoms with E-state index in [1.807, 2.05) is 0 Å². The lowest BCUT2D eigenvalue weighted by Gasteiger charge is -2.14. The lowest BCUT2D eigenvalue weighted by atomic mass is 10.1. The fourth-order valence-corrected chi connectivity index (χ4v) is 1.58. The van der Waals surface area contributed by atoms with E-state index in [0.29, 0.717) is 0 Å². The van der Waals surface area contributed by atoms with E-state index >= 15 is 0 Å². The third-order valence-electron chi connectivity index (χ3n) is 2.14. The molecule has 0 aromatic rings. The van der Waals surface area contributed by atoms with Gasteiger partial charge in [-0.1, -0.05) is 0 Å². The number of carboxylic acid groups (broad SMARTS) is 1. The Morgan fingerprint density at radius 3 is 2.81 bits per heavy atom. The van der Waals surface area contributed by atoms with Crippen LogP contribution in [0.25, 0.3) is 0 Å². The van der Waals surface area contributed by atoms with Crippen LogP contribution >= 0.6 is 8.25 Å². The van der Waals surface area contributed by atoms with Gasteiger partial charge in [-0.3, -0.25) is 14.2 Å². The molecular weight excluding hydrogens is 241 g/mol. The first-order chi connectivity index (χ1) is 7.50. The van der Waals surface area contributed by atoms with Crippen LogP contribution in [0.15, 0.2) is 0 Å². The Morgan fingerprint density at radius 2 is 2.31 bits per heavy atom. The van der Waals surface area contributed by atoms with Crippen molar-refractivity contribution in [2.75, 3.05) is 19.7 Å². The van der Waals surface area contributed by atoms with Crippen molar-refractivity contribution in [3.8, 4) is 0 Å². The summed E-state index contributed by atoms with van der Waals surface area (Å²) in [5.74, 6) is -1.97. The van der Waals surface area contributed by atoms with Gasteiger partial charge in [0, 0.05) is 19.5 Å². The van der Waals surface area contributed by atoms with E-state index < -0.39 is 20.1 Å². The van der Waals surface area contributed by atoms with E-state index in [2.05, 4.69) is 9.56 Å². The lowest BCUT2D eigenvalue weighted by molar-refractivity contribution is -0.209. The number of amides is 1. The van der Waals surface area contributed by atoms with E-state index in [-0.39, 0.29) is 32.0 Å². The zero-order chi connectivity index (χ0) is 12.1. The minimum absolute atomic E-state index is 0.0210. The zero-order valence-electron chi connectivity index (χ0n) is 8.29. The minimum atomic E-state index is -3.14. The van der Waals surface area contributed by atoms with Crippen molar-refractivity contribution in [1.82, 2.24) is 4.90 Å². The second-order valence-corrected chi connectivity index (χ2v) is 3.95. The molecule has 1 aliphatic heterocycles. The SMILES string of the molecule is O=C(O)C1CC(=O)N(CCOO[PH](=O)O)C1. The smallest absolute Gasteiger partial charge is 0.344 e. The first-order valence-electron chi connectivity index (χ1n) is 4.53. The molecule has 1 saturated heterocycles. The highest BCUT2D eigenvalue weighted by Crippen LogP contribution is 2.18. The first-order valence-corrected chi connectivity index (χ1v) is 5.80. The van der Waals surface area contributed by atoms with Crippen molar-refractivity contribution in [3.63, 3.8) is 0 Å². The van der Waals surface area contributed by atoms with Crippen molar-refractivity contribution >= 4 is 20.1 Å². The summed E-state index contributed by atoms with van der Waals surface area (Å²) in [5.41, 5.74) is 0. The molecule has 2 unspecified atom stereocenters. The van der Waals surface area contributed by atoms with Crippen LogP contribution in [-0.2, 0) is 23.7 Å². The van der Waals surface area contributed by atoms with Crippen LogP contribution in [0.3, 0.4) is 0 Å². The molecule has 1 aliphatic rings. The number of nitrogens with zero attached hydrogens (tertiary/aromatic N) is 1. The second kappa shape index (κ2) is 5.95. The molecular formula is C7H12NO7P. The summed E-state index contributed by atoms with van der Waals surface area (Å²) in [4.78, 5) is 35.8. The molecule has 1 rings (SSSR count). The average Bonchev–Trinajstić information content (AvgIpc) is 2.55. The number of carbonyl (C=O) groups is 2. The maximum atomic E-state index is 11.3. The Morgan fingerprint density at radius 1 is 1.62 bits per heavy atom. The van der Waals surface area contributed by atoms with Gasteiger partial charge >= 0.3 is 14.2 Å². The Balaban J connectivity index is 2.25. The number of hydrogen-bond donors (Lipinski definition) is 2. The molecule has 0 bridgehead atoms. The predicted octanol–water partition coefficient (Wildman–Crippen LogP) is -0.750. The van der Waals surface area contributed by atoms with Gasteiger partial charge in [0.1, 0.15) is 6.61 Å². The molecule has 1 amide bonds. The molecule has 0 spiro atoms. The topological polar surface area (TPSA) is 113 Å². The summed E-state index contributed by atoms with van der Waals surface area (Å²) in [6, 6.07) is 0. The third-order valence-corrected chi connectivity index (χ3v) is 2.40. The predicted molar refractivity (Wildman–Crippen MR) is 50.6 cm³/mol. The van der Waals surface area contributed by atoms with E-state index in [1.54, 1.807) is 0 Å². The van der Waals surface area contributed by atoms with Gasteiger partial charge in [0.15, 0.2) is 0 Å². The molecule has 9 heteroatoms. The van der Waals surface area contributed by atoms with Gasteiger partial charge in [0.2, 0.25) is 5.91 Å². The van der Waals surface area contributed by atoms with Gasteiger partial charge in [-0.25, -0.2) is 4.89 Å². The van der Waals surface area contributed by atoms with Crippen LogP contribution in [0.4, 0.5) is 0 Å². The molecule has 1 fully saturated rings. The summed E-state index contributed by atoms with van der Waals surface area (Å²) in [7, 11) is -3.14. The number of carbonyl (C=O) groups excluding carboxylic acids is 1. The monoisotopic (exact) mass is 253 g/mol. The number of rotatable bonds is 6. The highest BCUT2D eigenvalue weighted by atomic mass is 31.1. The average molecular weight is 253 g/mol. The standard InChI is InChI=1S/C7H12NO7P/c9-6-3-5(7(10)11)4-8(6)1-2-14-15-16(12)13/h5,16H,1-4H2,(H,10,11)(H,12,13). The number of carboxylic acids is 1. The van der Waals surface area contributed by atoms with Crippen molar-refractivity contribution < 1.29 is 33.7 Å². The van der Waals surface area contributed by atoms with Crippen molar-refractivity contribution in [1.29, 1.82) is 0 Å². The molecule has 0 aromatic heterocycles. The van der Waals surface area contributed by atoms with Crippen LogP contribution < -0.4 is 0 Å². The quantitative estimate of drug-likeness (QED) is 0.277. The van der Waals surface area contributed by atoms with Crippen molar-refractivity contribution in [3.05, 3.63) is 0 Å². The molecule has 0 aromatic carbocycles. The normalized spacial score (nSPS) is 22.4. The fourth-order valence-electron chi connectivity index (χ4n) is 1.39. The van der Waals surface area contributed by atoms with Gasteiger partial charge in [0.05, 0.1) is 5.92 Å². The van der Waals surface area contributed by atoms with Gasteiger partial charge < -0.3 is 14.9 Å². The maximum Gasteiger partial charge on any atom is 0.344 e. The molecule has 2 N–H and O–H groups in total. The van der Waals surface area contributed by atoms with Crippen LogP contribution in [0.5, 0.6) is 0 Å². The van der Waals surface area contributed by atoms with Crippen LogP contribution in [0.2, 0.25) is 0 Å². The summed E-state index contributed by atoms with van der Waals surface area (Å²) in [5, 5.41) is 8.69. The lowest BCUT2D eigenvalue weighted by Crippen LogP contribution is -2.29. The Bertz CT molecular complexity index is 307. The largest absolute Gasteiger partial charge is 0.481 e. The molecule has 2 atom stereocenters. The highest BCUT2D eigenvalue weighted by molar-refractivity contribution is 7.31. The number of hydrogen-bond acceptors (Lipinski definition) is 5.